The Kier molecular flexibility index (Phi) is 4.66. The van der Waals surface area contributed by atoms with Crippen LogP contribution >= 0.6 is 0 Å². The van der Waals surface area contributed by atoms with Gasteiger partial charge in [-0.15, -0.1) is 0 Å². The van der Waals surface area contributed by atoms with Crippen LogP contribution in [0.1, 0.15) is 32.6 Å². The van der Waals surface area contributed by atoms with Crippen molar-refractivity contribution >= 4 is 5.91 Å². The molecular formula is C11H20N2O. The molecule has 80 valence electrons. The lowest BCUT2D eigenvalue weighted by atomic mass is 9.93. The van der Waals surface area contributed by atoms with Crippen LogP contribution in [0.25, 0.3) is 0 Å². The summed E-state index contributed by atoms with van der Waals surface area (Å²) < 4.78 is 0. The van der Waals surface area contributed by atoms with E-state index < -0.39 is 0 Å². The van der Waals surface area contributed by atoms with Crippen LogP contribution < -0.4 is 11.1 Å². The van der Waals surface area contributed by atoms with E-state index >= 15 is 0 Å². The number of nitrogens with one attached hydrogen (secondary N) is 1. The number of carbonyl (C=O) groups is 1. The fraction of sp³-hybridized carbons (Fsp3) is 0.727. The topological polar surface area (TPSA) is 55.1 Å². The lowest BCUT2D eigenvalue weighted by molar-refractivity contribution is -0.119. The van der Waals surface area contributed by atoms with E-state index in [1.54, 1.807) is 6.92 Å². The van der Waals surface area contributed by atoms with Gasteiger partial charge >= 0.3 is 0 Å². The van der Waals surface area contributed by atoms with Crippen LogP contribution in [0.3, 0.4) is 0 Å². The number of nitrogens with two attached hydrogens (primary N) is 1. The first-order chi connectivity index (χ1) is 6.72. The maximum absolute atomic E-state index is 10.9. The molecule has 0 spiro atoms. The first-order valence-electron chi connectivity index (χ1n) is 5.36. The summed E-state index contributed by atoms with van der Waals surface area (Å²) in [5.74, 6) is 0.488. The Morgan fingerprint density at radius 1 is 1.64 bits per heavy atom. The number of amides is 1. The maximum Gasteiger partial charge on any atom is 0.217 e. The average Bonchev–Trinajstić information content (AvgIpc) is 2.08. The molecule has 3 N–H and O–H groups in total. The highest BCUT2D eigenvalue weighted by atomic mass is 16.1. The highest BCUT2D eigenvalue weighted by molar-refractivity contribution is 5.73. The molecule has 0 aromatic heterocycles. The van der Waals surface area contributed by atoms with Gasteiger partial charge in [-0.05, 0) is 38.1 Å². The number of carbonyl (C=O) groups excluding carboxylic acids is 1. The highest BCUT2D eigenvalue weighted by Crippen LogP contribution is 2.16. The predicted molar refractivity (Wildman–Crippen MR) is 57.8 cm³/mol. The average molecular weight is 196 g/mol. The van der Waals surface area contributed by atoms with Crippen LogP contribution in [0.4, 0.5) is 0 Å². The van der Waals surface area contributed by atoms with E-state index in [1.165, 1.54) is 0 Å². The molecule has 14 heavy (non-hydrogen) atoms. The number of hydrogen-bond donors (Lipinski definition) is 2. The van der Waals surface area contributed by atoms with E-state index in [4.69, 9.17) is 5.73 Å². The largest absolute Gasteiger partial charge is 0.354 e. The molecular weight excluding hydrogens is 176 g/mol. The molecule has 0 fully saturated rings. The van der Waals surface area contributed by atoms with Crippen molar-refractivity contribution < 1.29 is 4.79 Å². The molecule has 0 aromatic carbocycles. The number of hydrogen-bond acceptors (Lipinski definition) is 2. The first-order valence-corrected chi connectivity index (χ1v) is 5.36. The summed E-state index contributed by atoms with van der Waals surface area (Å²) in [5, 5.41) is 2.99. The van der Waals surface area contributed by atoms with Crippen LogP contribution in [0.15, 0.2) is 12.2 Å². The Labute approximate surface area is 85.7 Å². The van der Waals surface area contributed by atoms with Crippen molar-refractivity contribution in [3.63, 3.8) is 0 Å². The Bertz CT molecular complexity index is 213. The molecule has 0 aliphatic heterocycles. The van der Waals surface area contributed by atoms with Gasteiger partial charge in [0.25, 0.3) is 0 Å². The van der Waals surface area contributed by atoms with Crippen molar-refractivity contribution in [1.82, 2.24) is 5.32 Å². The van der Waals surface area contributed by atoms with E-state index in [-0.39, 0.29) is 5.91 Å². The molecule has 0 bridgehead atoms. The normalized spacial score (nSPS) is 30.1. The summed E-state index contributed by atoms with van der Waals surface area (Å²) in [7, 11) is 0. The van der Waals surface area contributed by atoms with E-state index in [0.29, 0.717) is 18.5 Å². The second-order valence-electron chi connectivity index (χ2n) is 3.99. The fourth-order valence-corrected chi connectivity index (χ4v) is 1.93. The van der Waals surface area contributed by atoms with Gasteiger partial charge in [0.2, 0.25) is 5.91 Å². The van der Waals surface area contributed by atoms with Crippen LogP contribution in [-0.4, -0.2) is 18.5 Å². The van der Waals surface area contributed by atoms with Gasteiger partial charge in [0.1, 0.15) is 0 Å². The van der Waals surface area contributed by atoms with E-state index in [1.807, 2.05) is 0 Å². The third-order valence-electron chi connectivity index (χ3n) is 2.63. The minimum absolute atomic E-state index is 0.0651. The quantitative estimate of drug-likeness (QED) is 0.652. The number of rotatable bonds is 2. The van der Waals surface area contributed by atoms with E-state index in [9.17, 15) is 4.79 Å². The van der Waals surface area contributed by atoms with Crippen LogP contribution in [-0.2, 0) is 4.79 Å². The van der Waals surface area contributed by atoms with E-state index in [0.717, 1.165) is 25.7 Å². The van der Waals surface area contributed by atoms with Crippen molar-refractivity contribution in [2.24, 2.45) is 11.7 Å². The van der Waals surface area contributed by atoms with E-state index in [2.05, 4.69) is 17.5 Å². The summed E-state index contributed by atoms with van der Waals surface area (Å²) >= 11 is 0. The Balaban J connectivity index is 2.49. The second-order valence-corrected chi connectivity index (χ2v) is 3.99. The van der Waals surface area contributed by atoms with Gasteiger partial charge in [-0.2, -0.15) is 0 Å². The van der Waals surface area contributed by atoms with Crippen LogP contribution in [0.2, 0.25) is 0 Å². The van der Waals surface area contributed by atoms with Gasteiger partial charge in [0, 0.05) is 13.0 Å². The SMILES string of the molecule is CC(=O)NC1CCC/C=C/C(CN)C1. The molecule has 3 heteroatoms. The standard InChI is InChI=1S/C11H20N2O/c1-9(14)13-11-6-4-2-3-5-10(7-11)8-12/h3,5,10-11H,2,4,6-8,12H2,1H3,(H,13,14)/b5-3+. The van der Waals surface area contributed by atoms with Gasteiger partial charge in [0.15, 0.2) is 0 Å². The Morgan fingerprint density at radius 3 is 3.07 bits per heavy atom. The zero-order valence-corrected chi connectivity index (χ0v) is 8.83. The van der Waals surface area contributed by atoms with Crippen molar-refractivity contribution in [2.45, 2.75) is 38.6 Å². The smallest absolute Gasteiger partial charge is 0.217 e. The van der Waals surface area contributed by atoms with Gasteiger partial charge in [-0.25, -0.2) is 0 Å². The molecule has 0 aromatic rings. The minimum Gasteiger partial charge on any atom is -0.354 e. The third kappa shape index (κ3) is 3.92. The molecule has 2 unspecified atom stereocenters. The zero-order chi connectivity index (χ0) is 10.4. The third-order valence-corrected chi connectivity index (χ3v) is 2.63. The second kappa shape index (κ2) is 5.81. The van der Waals surface area contributed by atoms with Gasteiger partial charge < -0.3 is 11.1 Å². The lowest BCUT2D eigenvalue weighted by Gasteiger charge is -2.23. The molecule has 3 nitrogen and oxygen atoms in total. The molecule has 1 rings (SSSR count). The summed E-state index contributed by atoms with van der Waals surface area (Å²) in [6, 6.07) is 0.311. The van der Waals surface area contributed by atoms with Gasteiger partial charge in [-0.3, -0.25) is 4.79 Å². The van der Waals surface area contributed by atoms with Crippen LogP contribution in [0.5, 0.6) is 0 Å². The number of allylic oxidation sites excluding steroid dienone is 1. The highest BCUT2D eigenvalue weighted by Gasteiger charge is 2.15. The molecule has 0 radical (unpaired) electrons. The lowest BCUT2D eigenvalue weighted by Crippen LogP contribution is -2.36. The van der Waals surface area contributed by atoms with Gasteiger partial charge in [-0.1, -0.05) is 12.2 Å². The Morgan fingerprint density at radius 2 is 2.43 bits per heavy atom. The maximum atomic E-state index is 10.9. The molecule has 0 saturated carbocycles. The molecule has 1 aliphatic carbocycles. The first kappa shape index (κ1) is 11.2. The van der Waals surface area contributed by atoms with Crippen LogP contribution in [0, 0.1) is 5.92 Å². The Hall–Kier alpha value is -0.830. The fourth-order valence-electron chi connectivity index (χ4n) is 1.93. The molecule has 1 aliphatic rings. The molecule has 0 saturated heterocycles. The van der Waals surface area contributed by atoms with Crippen molar-refractivity contribution in [2.75, 3.05) is 6.54 Å². The van der Waals surface area contributed by atoms with Crippen molar-refractivity contribution in [3.05, 3.63) is 12.2 Å². The predicted octanol–water partition coefficient (Wildman–Crippen LogP) is 1.20. The molecule has 0 heterocycles. The molecule has 2 atom stereocenters. The zero-order valence-electron chi connectivity index (χ0n) is 8.83. The molecule has 1 amide bonds. The summed E-state index contributed by atoms with van der Waals surface area (Å²) in [4.78, 5) is 10.9. The van der Waals surface area contributed by atoms with Crippen molar-refractivity contribution in [1.29, 1.82) is 0 Å². The minimum atomic E-state index is 0.0651. The summed E-state index contributed by atoms with van der Waals surface area (Å²) in [5.41, 5.74) is 5.65. The monoisotopic (exact) mass is 196 g/mol. The van der Waals surface area contributed by atoms with Gasteiger partial charge in [0.05, 0.1) is 0 Å². The summed E-state index contributed by atoms with van der Waals surface area (Å²) in [6.45, 7) is 2.25. The summed E-state index contributed by atoms with van der Waals surface area (Å²) in [6.07, 6.45) is 8.70. The van der Waals surface area contributed by atoms with Crippen molar-refractivity contribution in [3.8, 4) is 0 Å².